The minimum atomic E-state index is -4.95. The molecule has 0 rings (SSSR count). The third-order valence-electron chi connectivity index (χ3n) is 15.5. The van der Waals surface area contributed by atoms with Crippen LogP contribution in [0.4, 0.5) is 0 Å². The third-order valence-corrected chi connectivity index (χ3v) is 17.4. The van der Waals surface area contributed by atoms with Gasteiger partial charge in [0.1, 0.15) is 25.4 Å². The van der Waals surface area contributed by atoms with Gasteiger partial charge in [-0.2, -0.15) is 0 Å². The number of unbranched alkanes of at least 4 members (excludes halogenated alkanes) is 24. The van der Waals surface area contributed by atoms with Crippen molar-refractivity contribution in [3.05, 3.63) is 146 Å². The molecule has 0 fully saturated rings. The van der Waals surface area contributed by atoms with Crippen molar-refractivity contribution >= 4 is 33.6 Å². The monoisotopic (exact) mass is 1430 g/mol. The summed E-state index contributed by atoms with van der Waals surface area (Å²) in [5.74, 6) is -1.66. The van der Waals surface area contributed by atoms with Crippen LogP contribution in [0.1, 0.15) is 290 Å². The Morgan fingerprint density at radius 3 is 0.889 bits per heavy atom. The highest BCUT2D eigenvalue weighted by atomic mass is 31.2. The van der Waals surface area contributed by atoms with Gasteiger partial charge in [-0.25, -0.2) is 9.13 Å². The predicted molar refractivity (Wildman–Crippen MR) is 408 cm³/mol. The molecule has 99 heavy (non-hydrogen) atoms. The van der Waals surface area contributed by atoms with Crippen LogP contribution in [-0.2, 0) is 55.8 Å². The molecule has 0 amide bonds. The zero-order valence-electron chi connectivity index (χ0n) is 61.6. The molecule has 18 heteroatoms. The first kappa shape index (κ1) is 94.4. The van der Waals surface area contributed by atoms with Crippen LogP contribution in [0.15, 0.2) is 146 Å². The summed E-state index contributed by atoms with van der Waals surface area (Å²) in [6.45, 7) is 2.34. The number of esters is 3. The summed E-state index contributed by atoms with van der Waals surface area (Å²) in [6.07, 6.45) is 89.1. The van der Waals surface area contributed by atoms with E-state index in [4.69, 9.17) is 32.3 Å². The molecule has 4 N–H and O–H groups in total. The number of phosphoric acid groups is 2. The standard InChI is InChI=1S/C81H136O16P2/c1-4-7-10-13-16-19-22-25-28-31-32-33-34-35-36-37-38-39-40-41-42-45-47-49-52-55-58-61-64-67-79(84)91-70-76(82)71-93-98(87,88)94-72-77(83)73-95-99(89,90)96-75-78(97-81(86)69-66-63-60-57-54-51-48-44-30-27-24-21-18-15-12-9-6-3)74-92-80(85)68-65-62-59-56-53-50-46-43-29-26-23-20-17-14-11-8-5-2/h8-9,11-12,16-21,25-30,32-33,35-36,46,50,56,59,76-78,82-83H,4-7,10,13-15,22-24,31,34,37-45,47-49,51-55,57-58,60-75H2,1-3H3,(H,87,88)(H,89,90)/b11-8-,12-9-,19-16-,20-17-,21-18-,28-25-,29-26-,30-27-,33-32-,36-35-,50-46-,59-56-. The molecule has 0 saturated carbocycles. The molecular weight excluding hydrogens is 1290 g/mol. The van der Waals surface area contributed by atoms with Crippen LogP contribution in [0.5, 0.6) is 0 Å². The highest BCUT2D eigenvalue weighted by molar-refractivity contribution is 7.47. The molecule has 0 aliphatic heterocycles. The number of aliphatic hydroxyl groups excluding tert-OH is 2. The van der Waals surface area contributed by atoms with Gasteiger partial charge in [0.15, 0.2) is 6.10 Å². The number of hydrogen-bond acceptors (Lipinski definition) is 14. The summed E-state index contributed by atoms with van der Waals surface area (Å²) >= 11 is 0. The molecule has 5 atom stereocenters. The largest absolute Gasteiger partial charge is 0.472 e. The van der Waals surface area contributed by atoms with Crippen molar-refractivity contribution in [2.75, 3.05) is 39.6 Å². The summed E-state index contributed by atoms with van der Waals surface area (Å²) in [4.78, 5) is 58.5. The van der Waals surface area contributed by atoms with Gasteiger partial charge in [0.2, 0.25) is 0 Å². The zero-order chi connectivity index (χ0) is 72.3. The van der Waals surface area contributed by atoms with E-state index in [2.05, 4.69) is 154 Å². The van der Waals surface area contributed by atoms with Crippen molar-refractivity contribution in [2.24, 2.45) is 0 Å². The van der Waals surface area contributed by atoms with E-state index in [1.165, 1.54) is 83.5 Å². The van der Waals surface area contributed by atoms with Crippen LogP contribution in [0, 0.1) is 0 Å². The molecule has 0 aromatic carbocycles. The highest BCUT2D eigenvalue weighted by Crippen LogP contribution is 2.45. The van der Waals surface area contributed by atoms with Crippen LogP contribution in [-0.4, -0.2) is 95.9 Å². The smallest absolute Gasteiger partial charge is 0.463 e. The lowest BCUT2D eigenvalue weighted by molar-refractivity contribution is -0.161. The number of rotatable bonds is 71. The maximum absolute atomic E-state index is 12.9. The fourth-order valence-corrected chi connectivity index (χ4v) is 11.4. The molecule has 0 aromatic heterocycles. The van der Waals surface area contributed by atoms with E-state index in [1.807, 2.05) is 12.2 Å². The van der Waals surface area contributed by atoms with Crippen molar-refractivity contribution in [2.45, 2.75) is 309 Å². The van der Waals surface area contributed by atoms with E-state index in [0.29, 0.717) is 25.7 Å². The topological polar surface area (TPSA) is 231 Å². The summed E-state index contributed by atoms with van der Waals surface area (Å²) in [6, 6.07) is 0. The quantitative estimate of drug-likeness (QED) is 0.0146. The van der Waals surface area contributed by atoms with Gasteiger partial charge in [0.25, 0.3) is 0 Å². The van der Waals surface area contributed by atoms with Crippen molar-refractivity contribution < 1.29 is 75.8 Å². The minimum Gasteiger partial charge on any atom is -0.463 e. The van der Waals surface area contributed by atoms with E-state index >= 15 is 0 Å². The molecule has 566 valence electrons. The lowest BCUT2D eigenvalue weighted by Gasteiger charge is -2.21. The molecule has 0 spiro atoms. The summed E-state index contributed by atoms with van der Waals surface area (Å²) in [5, 5.41) is 20.6. The molecule has 0 heterocycles. The summed E-state index contributed by atoms with van der Waals surface area (Å²) in [7, 11) is -9.81. The van der Waals surface area contributed by atoms with Crippen LogP contribution < -0.4 is 0 Å². The number of ether oxygens (including phenoxy) is 3. The fourth-order valence-electron chi connectivity index (χ4n) is 9.78. The van der Waals surface area contributed by atoms with Crippen molar-refractivity contribution in [3.8, 4) is 0 Å². The Kier molecular flexibility index (Phi) is 69.8. The molecular formula is C81H136O16P2. The van der Waals surface area contributed by atoms with Crippen LogP contribution >= 0.6 is 15.6 Å². The first-order chi connectivity index (χ1) is 48.2. The average molecular weight is 1430 g/mol. The molecule has 0 aliphatic rings. The van der Waals surface area contributed by atoms with Crippen molar-refractivity contribution in [1.82, 2.24) is 0 Å². The normalized spacial score (nSPS) is 14.9. The van der Waals surface area contributed by atoms with Crippen LogP contribution in [0.3, 0.4) is 0 Å². The second-order valence-corrected chi connectivity index (χ2v) is 27.9. The van der Waals surface area contributed by atoms with E-state index in [0.717, 1.165) is 141 Å². The second kappa shape index (κ2) is 73.2. The lowest BCUT2D eigenvalue weighted by Crippen LogP contribution is -2.30. The van der Waals surface area contributed by atoms with Crippen LogP contribution in [0.2, 0.25) is 0 Å². The Morgan fingerprint density at radius 2 is 0.545 bits per heavy atom. The maximum atomic E-state index is 12.9. The minimum absolute atomic E-state index is 0.0768. The van der Waals surface area contributed by atoms with Crippen LogP contribution in [0.25, 0.3) is 0 Å². The van der Waals surface area contributed by atoms with Gasteiger partial charge in [-0.15, -0.1) is 0 Å². The highest BCUT2D eigenvalue weighted by Gasteiger charge is 2.29. The SMILES string of the molecule is CC/C=C\C/C=C\C/C=C\C/C=C\C/C=C\CCCC(=O)OCC(COP(=O)(O)OCC(O)COP(=O)(O)OCC(O)COC(=O)CCCCCCCCCCCCCCC/C=C\C/C=C\C/C=C\C/C=C\CCCCC)OC(=O)CCCCCCCCC/C=C\C/C=C\C/C=C\CC. The first-order valence-electron chi connectivity index (χ1n) is 38.1. The Bertz CT molecular complexity index is 2380. The third kappa shape index (κ3) is 74.4. The average Bonchev–Trinajstić information content (AvgIpc) is 2.31. The Hall–Kier alpha value is -4.57. The van der Waals surface area contributed by atoms with Gasteiger partial charge < -0.3 is 34.2 Å². The molecule has 0 radical (unpaired) electrons. The first-order valence-corrected chi connectivity index (χ1v) is 41.1. The van der Waals surface area contributed by atoms with Crippen molar-refractivity contribution in [3.63, 3.8) is 0 Å². The van der Waals surface area contributed by atoms with E-state index in [1.54, 1.807) is 0 Å². The van der Waals surface area contributed by atoms with E-state index in [9.17, 15) is 43.5 Å². The zero-order valence-corrected chi connectivity index (χ0v) is 63.4. The number of carbonyl (C=O) groups is 3. The Labute approximate surface area is 600 Å². The predicted octanol–water partition coefficient (Wildman–Crippen LogP) is 22.1. The Balaban J connectivity index is 4.57. The van der Waals surface area contributed by atoms with Gasteiger partial charge in [-0.05, 0) is 135 Å². The van der Waals surface area contributed by atoms with Crippen molar-refractivity contribution in [1.29, 1.82) is 0 Å². The summed E-state index contributed by atoms with van der Waals surface area (Å²) < 4.78 is 61.0. The van der Waals surface area contributed by atoms with Gasteiger partial charge in [0.05, 0.1) is 26.4 Å². The molecule has 0 bridgehead atoms. The molecule has 5 unspecified atom stereocenters. The molecule has 0 aromatic rings. The maximum Gasteiger partial charge on any atom is 0.472 e. The van der Waals surface area contributed by atoms with Gasteiger partial charge >= 0.3 is 33.6 Å². The van der Waals surface area contributed by atoms with Gasteiger partial charge in [0, 0.05) is 19.3 Å². The van der Waals surface area contributed by atoms with E-state index < -0.39 is 91.5 Å². The molecule has 0 aliphatic carbocycles. The molecule has 0 saturated heterocycles. The fraction of sp³-hybridized carbons (Fsp3) is 0.667. The van der Waals surface area contributed by atoms with Gasteiger partial charge in [-0.3, -0.25) is 32.5 Å². The number of carbonyl (C=O) groups excluding carboxylic acids is 3. The second-order valence-electron chi connectivity index (χ2n) is 25.0. The number of hydrogen-bond donors (Lipinski definition) is 4. The number of allylic oxidation sites excluding steroid dienone is 24. The number of phosphoric ester groups is 2. The van der Waals surface area contributed by atoms with E-state index in [-0.39, 0.29) is 19.3 Å². The Morgan fingerprint density at radius 1 is 0.293 bits per heavy atom. The lowest BCUT2D eigenvalue weighted by atomic mass is 10.0. The summed E-state index contributed by atoms with van der Waals surface area (Å²) in [5.41, 5.74) is 0. The van der Waals surface area contributed by atoms with Gasteiger partial charge in [-0.1, -0.05) is 282 Å². The number of aliphatic hydroxyl groups is 2. The molecule has 16 nitrogen and oxygen atoms in total.